The molecule has 0 amide bonds. The highest BCUT2D eigenvalue weighted by atomic mass is 32.1. The van der Waals surface area contributed by atoms with Crippen molar-refractivity contribution in [1.82, 2.24) is 14.8 Å². The summed E-state index contributed by atoms with van der Waals surface area (Å²) in [6, 6.07) is 7.59. The lowest BCUT2D eigenvalue weighted by atomic mass is 10.1. The van der Waals surface area contributed by atoms with Gasteiger partial charge in [-0.1, -0.05) is 18.2 Å². The van der Waals surface area contributed by atoms with Crippen LogP contribution in [0.25, 0.3) is 6.08 Å². The highest BCUT2D eigenvalue weighted by molar-refractivity contribution is 7.07. The summed E-state index contributed by atoms with van der Waals surface area (Å²) in [5.74, 6) is 0.721. The Morgan fingerprint density at radius 1 is 1.33 bits per heavy atom. The molecule has 0 bridgehead atoms. The second kappa shape index (κ2) is 7.23. The van der Waals surface area contributed by atoms with Gasteiger partial charge in [0.25, 0.3) is 0 Å². The van der Waals surface area contributed by atoms with Gasteiger partial charge in [0, 0.05) is 18.6 Å². The average molecular weight is 339 g/mol. The van der Waals surface area contributed by atoms with Gasteiger partial charge in [0.2, 0.25) is 0 Å². The maximum atomic E-state index is 12.2. The molecule has 0 atom stereocenters. The molecule has 3 aromatic rings. The molecule has 0 saturated carbocycles. The lowest BCUT2D eigenvalue weighted by Gasteiger charge is -2.04. The van der Waals surface area contributed by atoms with Crippen LogP contribution in [0.1, 0.15) is 27.3 Å². The Kier molecular flexibility index (Phi) is 4.86. The van der Waals surface area contributed by atoms with E-state index >= 15 is 0 Å². The summed E-state index contributed by atoms with van der Waals surface area (Å²) in [5, 5.41) is 6.14. The Morgan fingerprint density at radius 2 is 2.12 bits per heavy atom. The van der Waals surface area contributed by atoms with Crippen molar-refractivity contribution in [2.24, 2.45) is 7.05 Å². The fourth-order valence-corrected chi connectivity index (χ4v) is 2.79. The first-order valence-corrected chi connectivity index (χ1v) is 8.38. The number of ketones is 1. The number of aromatic nitrogens is 3. The molecule has 0 aliphatic heterocycles. The predicted octanol–water partition coefficient (Wildman–Crippen LogP) is 3.66. The number of carbonyl (C=O) groups is 1. The SMILES string of the molecule is Cc1nn(C)cc1C(=O)/C=C/c1ccc(OCc2cscn2)cc1. The topological polar surface area (TPSA) is 57.0 Å². The van der Waals surface area contributed by atoms with Gasteiger partial charge >= 0.3 is 0 Å². The van der Waals surface area contributed by atoms with E-state index in [1.54, 1.807) is 46.9 Å². The molecule has 1 aromatic carbocycles. The first-order valence-electron chi connectivity index (χ1n) is 7.44. The third-order valence-electron chi connectivity index (χ3n) is 3.46. The number of benzene rings is 1. The molecule has 6 heteroatoms. The van der Waals surface area contributed by atoms with E-state index in [9.17, 15) is 4.79 Å². The fraction of sp³-hybridized carbons (Fsp3) is 0.167. The molecule has 0 saturated heterocycles. The van der Waals surface area contributed by atoms with Crippen LogP contribution >= 0.6 is 11.3 Å². The van der Waals surface area contributed by atoms with Gasteiger partial charge < -0.3 is 4.74 Å². The van der Waals surface area contributed by atoms with Crippen LogP contribution in [-0.2, 0) is 13.7 Å². The van der Waals surface area contributed by atoms with E-state index in [4.69, 9.17) is 4.74 Å². The minimum atomic E-state index is -0.0514. The largest absolute Gasteiger partial charge is 0.487 e. The number of hydrogen-bond donors (Lipinski definition) is 0. The van der Waals surface area contributed by atoms with Crippen molar-refractivity contribution in [2.75, 3.05) is 0 Å². The Bertz CT molecular complexity index is 849. The third-order valence-corrected chi connectivity index (χ3v) is 4.09. The number of thiazole rings is 1. The molecule has 0 fully saturated rings. The molecule has 24 heavy (non-hydrogen) atoms. The molecule has 122 valence electrons. The lowest BCUT2D eigenvalue weighted by Crippen LogP contribution is -1.95. The summed E-state index contributed by atoms with van der Waals surface area (Å²) >= 11 is 1.55. The zero-order valence-corrected chi connectivity index (χ0v) is 14.3. The molecule has 3 rings (SSSR count). The minimum Gasteiger partial charge on any atom is -0.487 e. The standard InChI is InChI=1S/C18H17N3O2S/c1-13-17(9-21(2)20-13)18(22)8-5-14-3-6-16(7-4-14)23-10-15-11-24-12-19-15/h3-9,11-12H,10H2,1-2H3/b8-5+. The number of aryl methyl sites for hydroxylation is 2. The molecular formula is C18H17N3O2S. The summed E-state index contributed by atoms with van der Waals surface area (Å²) < 4.78 is 7.30. The predicted molar refractivity (Wildman–Crippen MR) is 94.2 cm³/mol. The second-order valence-electron chi connectivity index (χ2n) is 5.34. The van der Waals surface area contributed by atoms with Crippen molar-refractivity contribution in [1.29, 1.82) is 0 Å². The number of carbonyl (C=O) groups excluding carboxylic acids is 1. The van der Waals surface area contributed by atoms with Crippen LogP contribution in [-0.4, -0.2) is 20.5 Å². The van der Waals surface area contributed by atoms with E-state index in [2.05, 4.69) is 10.1 Å². The molecule has 0 aliphatic carbocycles. The van der Waals surface area contributed by atoms with Gasteiger partial charge in [0.1, 0.15) is 12.4 Å². The fourth-order valence-electron chi connectivity index (χ4n) is 2.24. The lowest BCUT2D eigenvalue weighted by molar-refractivity contribution is 0.104. The normalized spacial score (nSPS) is 11.1. The minimum absolute atomic E-state index is 0.0514. The Balaban J connectivity index is 1.61. The molecule has 0 unspecified atom stereocenters. The van der Waals surface area contributed by atoms with E-state index < -0.39 is 0 Å². The first-order chi connectivity index (χ1) is 11.6. The summed E-state index contributed by atoms with van der Waals surface area (Å²) in [4.78, 5) is 16.4. The van der Waals surface area contributed by atoms with Crippen molar-refractivity contribution >= 4 is 23.2 Å². The van der Waals surface area contributed by atoms with E-state index in [0.29, 0.717) is 12.2 Å². The van der Waals surface area contributed by atoms with Crippen LogP contribution in [0, 0.1) is 6.92 Å². The Morgan fingerprint density at radius 3 is 2.75 bits per heavy atom. The zero-order chi connectivity index (χ0) is 16.9. The van der Waals surface area contributed by atoms with Crippen LogP contribution < -0.4 is 4.74 Å². The maximum Gasteiger partial charge on any atom is 0.189 e. The summed E-state index contributed by atoms with van der Waals surface area (Å²) in [6.45, 7) is 2.28. The van der Waals surface area contributed by atoms with Crippen LogP contribution in [0.5, 0.6) is 5.75 Å². The quantitative estimate of drug-likeness (QED) is 0.508. The van der Waals surface area contributed by atoms with E-state index in [1.807, 2.05) is 36.6 Å². The van der Waals surface area contributed by atoms with Crippen molar-refractivity contribution in [2.45, 2.75) is 13.5 Å². The first kappa shape index (κ1) is 16.1. The van der Waals surface area contributed by atoms with Crippen molar-refractivity contribution in [3.8, 4) is 5.75 Å². The third kappa shape index (κ3) is 3.97. The second-order valence-corrected chi connectivity index (χ2v) is 6.06. The van der Waals surface area contributed by atoms with Gasteiger partial charge in [0.15, 0.2) is 5.78 Å². The number of rotatable bonds is 6. The summed E-state index contributed by atoms with van der Waals surface area (Å²) in [5.41, 5.74) is 5.00. The number of nitrogens with zero attached hydrogens (tertiary/aromatic N) is 3. The van der Waals surface area contributed by atoms with Crippen molar-refractivity contribution in [3.63, 3.8) is 0 Å². The van der Waals surface area contributed by atoms with Crippen LogP contribution in [0.2, 0.25) is 0 Å². The van der Waals surface area contributed by atoms with E-state index in [0.717, 1.165) is 22.7 Å². The number of ether oxygens (including phenoxy) is 1. The van der Waals surface area contributed by atoms with Gasteiger partial charge in [-0.3, -0.25) is 9.48 Å². The maximum absolute atomic E-state index is 12.2. The monoisotopic (exact) mass is 339 g/mol. The molecule has 0 N–H and O–H groups in total. The van der Waals surface area contributed by atoms with E-state index in [-0.39, 0.29) is 5.78 Å². The van der Waals surface area contributed by atoms with Crippen LogP contribution in [0.15, 0.2) is 47.4 Å². The van der Waals surface area contributed by atoms with Gasteiger partial charge in [-0.25, -0.2) is 4.98 Å². The van der Waals surface area contributed by atoms with Gasteiger partial charge in [-0.15, -0.1) is 11.3 Å². The van der Waals surface area contributed by atoms with Crippen molar-refractivity contribution < 1.29 is 9.53 Å². The smallest absolute Gasteiger partial charge is 0.189 e. The zero-order valence-electron chi connectivity index (χ0n) is 13.5. The number of hydrogen-bond acceptors (Lipinski definition) is 5. The summed E-state index contributed by atoms with van der Waals surface area (Å²) in [7, 11) is 1.80. The highest BCUT2D eigenvalue weighted by Crippen LogP contribution is 2.16. The van der Waals surface area contributed by atoms with Gasteiger partial charge in [0.05, 0.1) is 22.5 Å². The average Bonchev–Trinajstić information content (AvgIpc) is 3.21. The van der Waals surface area contributed by atoms with Gasteiger partial charge in [-0.2, -0.15) is 5.10 Å². The molecule has 0 aliphatic rings. The van der Waals surface area contributed by atoms with Gasteiger partial charge in [-0.05, 0) is 30.7 Å². The molecule has 2 heterocycles. The molecule has 0 radical (unpaired) electrons. The summed E-state index contributed by atoms with van der Waals surface area (Å²) in [6.07, 6.45) is 5.09. The molecular weight excluding hydrogens is 322 g/mol. The van der Waals surface area contributed by atoms with Crippen LogP contribution in [0.3, 0.4) is 0 Å². The Hall–Kier alpha value is -2.73. The molecule has 5 nitrogen and oxygen atoms in total. The molecule has 2 aromatic heterocycles. The highest BCUT2D eigenvalue weighted by Gasteiger charge is 2.09. The van der Waals surface area contributed by atoms with Crippen molar-refractivity contribution in [3.05, 3.63) is 69.9 Å². The van der Waals surface area contributed by atoms with Crippen LogP contribution in [0.4, 0.5) is 0 Å². The van der Waals surface area contributed by atoms with E-state index in [1.165, 1.54) is 0 Å². The molecule has 0 spiro atoms. The Labute approximate surface area is 144 Å². The number of allylic oxidation sites excluding steroid dienone is 1.